The Morgan fingerprint density at radius 3 is 2.35 bits per heavy atom. The van der Waals surface area contributed by atoms with Crippen molar-refractivity contribution < 1.29 is 0 Å². The normalized spacial score (nSPS) is 19.2. The molecule has 0 atom stereocenters. The fraction of sp³-hybridized carbons (Fsp3) is 0.619. The molecule has 0 unspecified atom stereocenters. The Morgan fingerprint density at radius 1 is 1.09 bits per heavy atom. The van der Waals surface area contributed by atoms with E-state index in [1.54, 1.807) is 0 Å². The van der Waals surface area contributed by atoms with E-state index in [2.05, 4.69) is 51.7 Å². The van der Waals surface area contributed by atoms with Gasteiger partial charge in [0.2, 0.25) is 0 Å². The van der Waals surface area contributed by atoms with E-state index < -0.39 is 0 Å². The van der Waals surface area contributed by atoms with E-state index in [4.69, 9.17) is 4.98 Å². The van der Waals surface area contributed by atoms with Gasteiger partial charge in [-0.2, -0.15) is 0 Å². The van der Waals surface area contributed by atoms with Crippen LogP contribution in [0.2, 0.25) is 0 Å². The molecule has 2 heteroatoms. The van der Waals surface area contributed by atoms with Crippen LogP contribution in [0.4, 0.5) is 0 Å². The van der Waals surface area contributed by atoms with Gasteiger partial charge in [0.15, 0.2) is 0 Å². The SMILES string of the molecule is Cc1ncc2cc(C(C)(C)C)cc(C3CCC(C)(C)CC3)c2n1. The van der Waals surface area contributed by atoms with E-state index in [1.165, 1.54) is 47.7 Å². The molecule has 3 rings (SSSR count). The maximum atomic E-state index is 4.80. The highest BCUT2D eigenvalue weighted by Gasteiger charge is 2.29. The van der Waals surface area contributed by atoms with E-state index in [0.717, 1.165) is 5.82 Å². The largest absolute Gasteiger partial charge is 0.241 e. The van der Waals surface area contributed by atoms with Crippen LogP contribution >= 0.6 is 0 Å². The Morgan fingerprint density at radius 2 is 1.74 bits per heavy atom. The smallest absolute Gasteiger partial charge is 0.125 e. The van der Waals surface area contributed by atoms with Gasteiger partial charge in [0.1, 0.15) is 5.82 Å². The third-order valence-electron chi connectivity index (χ3n) is 5.48. The summed E-state index contributed by atoms with van der Waals surface area (Å²) in [5.41, 5.74) is 4.68. The minimum Gasteiger partial charge on any atom is -0.241 e. The molecule has 1 heterocycles. The van der Waals surface area contributed by atoms with Gasteiger partial charge in [0.05, 0.1) is 5.52 Å². The average molecular weight is 310 g/mol. The lowest BCUT2D eigenvalue weighted by molar-refractivity contribution is 0.225. The molecule has 1 aliphatic carbocycles. The Labute approximate surface area is 140 Å². The highest BCUT2D eigenvalue weighted by Crippen LogP contribution is 2.44. The summed E-state index contributed by atoms with van der Waals surface area (Å²) in [4.78, 5) is 9.23. The molecule has 1 saturated carbocycles. The van der Waals surface area contributed by atoms with Crippen LogP contribution in [0, 0.1) is 12.3 Å². The van der Waals surface area contributed by atoms with Crippen LogP contribution in [0.1, 0.15) is 83.2 Å². The van der Waals surface area contributed by atoms with E-state index >= 15 is 0 Å². The molecular weight excluding hydrogens is 280 g/mol. The number of aryl methyl sites for hydroxylation is 1. The number of hydrogen-bond acceptors (Lipinski definition) is 2. The van der Waals surface area contributed by atoms with E-state index in [0.29, 0.717) is 11.3 Å². The molecule has 0 aliphatic heterocycles. The van der Waals surface area contributed by atoms with E-state index in [-0.39, 0.29) is 5.41 Å². The van der Waals surface area contributed by atoms with Crippen molar-refractivity contribution in [3.63, 3.8) is 0 Å². The first-order valence-corrected chi connectivity index (χ1v) is 8.93. The zero-order chi connectivity index (χ0) is 16.8. The third-order valence-corrected chi connectivity index (χ3v) is 5.48. The van der Waals surface area contributed by atoms with Crippen molar-refractivity contribution in [2.24, 2.45) is 5.41 Å². The Balaban J connectivity index is 2.11. The molecule has 0 spiro atoms. The molecule has 0 radical (unpaired) electrons. The Bertz CT molecular complexity index is 712. The van der Waals surface area contributed by atoms with Gasteiger partial charge in [-0.15, -0.1) is 0 Å². The van der Waals surface area contributed by atoms with E-state index in [1.807, 2.05) is 13.1 Å². The zero-order valence-corrected chi connectivity index (χ0v) is 15.5. The molecule has 1 aromatic heterocycles. The van der Waals surface area contributed by atoms with Crippen molar-refractivity contribution >= 4 is 10.9 Å². The van der Waals surface area contributed by atoms with Crippen molar-refractivity contribution in [3.8, 4) is 0 Å². The highest BCUT2D eigenvalue weighted by molar-refractivity contribution is 5.83. The zero-order valence-electron chi connectivity index (χ0n) is 15.5. The maximum absolute atomic E-state index is 4.80. The minimum absolute atomic E-state index is 0.155. The fourth-order valence-corrected chi connectivity index (χ4v) is 3.72. The second-order valence-electron chi connectivity index (χ2n) is 9.11. The summed E-state index contributed by atoms with van der Waals surface area (Å²) in [6.45, 7) is 13.7. The van der Waals surface area contributed by atoms with Crippen molar-refractivity contribution in [1.82, 2.24) is 9.97 Å². The predicted octanol–water partition coefficient (Wildman–Crippen LogP) is 5.92. The van der Waals surface area contributed by atoms with E-state index in [9.17, 15) is 0 Å². The quantitative estimate of drug-likeness (QED) is 0.653. The van der Waals surface area contributed by atoms with Crippen molar-refractivity contribution in [2.45, 2.75) is 78.6 Å². The molecule has 124 valence electrons. The molecule has 0 saturated heterocycles. The highest BCUT2D eigenvalue weighted by atomic mass is 14.9. The number of benzene rings is 1. The maximum Gasteiger partial charge on any atom is 0.125 e. The van der Waals surface area contributed by atoms with Crippen LogP contribution in [0.5, 0.6) is 0 Å². The van der Waals surface area contributed by atoms with Crippen LogP contribution in [-0.2, 0) is 5.41 Å². The number of fused-ring (bicyclic) bond motifs is 1. The summed E-state index contributed by atoms with van der Waals surface area (Å²) < 4.78 is 0. The molecule has 1 aliphatic rings. The van der Waals surface area contributed by atoms with Crippen molar-refractivity contribution in [1.29, 1.82) is 0 Å². The first kappa shape index (κ1) is 16.4. The van der Waals surface area contributed by atoms with Gasteiger partial charge in [-0.3, -0.25) is 0 Å². The van der Waals surface area contributed by atoms with Crippen LogP contribution in [0.15, 0.2) is 18.3 Å². The standard InChI is InChI=1S/C21H30N2/c1-14-22-13-16-11-17(20(2,3)4)12-18(19(16)23-14)15-7-9-21(5,6)10-8-15/h11-13,15H,7-10H2,1-6H3. The minimum atomic E-state index is 0.155. The number of rotatable bonds is 1. The molecule has 2 aromatic rings. The van der Waals surface area contributed by atoms with Gasteiger partial charge in [-0.25, -0.2) is 9.97 Å². The summed E-state index contributed by atoms with van der Waals surface area (Å²) in [7, 11) is 0. The average Bonchev–Trinajstić information content (AvgIpc) is 2.45. The van der Waals surface area contributed by atoms with Gasteiger partial charge < -0.3 is 0 Å². The summed E-state index contributed by atoms with van der Waals surface area (Å²) in [6, 6.07) is 4.71. The summed E-state index contributed by atoms with van der Waals surface area (Å²) in [6.07, 6.45) is 7.17. The lowest BCUT2D eigenvalue weighted by Crippen LogP contribution is -2.21. The molecule has 23 heavy (non-hydrogen) atoms. The Hall–Kier alpha value is -1.44. The topological polar surface area (TPSA) is 25.8 Å². The monoisotopic (exact) mass is 310 g/mol. The third kappa shape index (κ3) is 3.41. The van der Waals surface area contributed by atoms with Crippen LogP contribution in [-0.4, -0.2) is 9.97 Å². The lowest BCUT2D eigenvalue weighted by Gasteiger charge is -2.35. The second-order valence-corrected chi connectivity index (χ2v) is 9.11. The van der Waals surface area contributed by atoms with Gasteiger partial charge >= 0.3 is 0 Å². The first-order valence-electron chi connectivity index (χ1n) is 8.93. The Kier molecular flexibility index (Phi) is 3.98. The summed E-state index contributed by atoms with van der Waals surface area (Å²) >= 11 is 0. The van der Waals surface area contributed by atoms with Gasteiger partial charge in [0, 0.05) is 11.6 Å². The number of nitrogens with zero attached hydrogens (tertiary/aromatic N) is 2. The lowest BCUT2D eigenvalue weighted by atomic mass is 9.70. The first-order chi connectivity index (χ1) is 10.7. The predicted molar refractivity (Wildman–Crippen MR) is 98.0 cm³/mol. The van der Waals surface area contributed by atoms with Crippen LogP contribution in [0.25, 0.3) is 10.9 Å². The van der Waals surface area contributed by atoms with Gasteiger partial charge in [-0.05, 0) is 66.5 Å². The van der Waals surface area contributed by atoms with Crippen molar-refractivity contribution in [2.75, 3.05) is 0 Å². The van der Waals surface area contributed by atoms with Gasteiger partial charge in [0.25, 0.3) is 0 Å². The molecular formula is C21H30N2. The molecule has 1 fully saturated rings. The number of hydrogen-bond donors (Lipinski definition) is 0. The fourth-order valence-electron chi connectivity index (χ4n) is 3.72. The van der Waals surface area contributed by atoms with Crippen LogP contribution in [0.3, 0.4) is 0 Å². The summed E-state index contributed by atoms with van der Waals surface area (Å²) in [5, 5.41) is 1.20. The number of aromatic nitrogens is 2. The molecule has 0 N–H and O–H groups in total. The summed E-state index contributed by atoms with van der Waals surface area (Å²) in [5.74, 6) is 1.51. The molecule has 0 bridgehead atoms. The second kappa shape index (κ2) is 5.58. The van der Waals surface area contributed by atoms with Crippen LogP contribution < -0.4 is 0 Å². The van der Waals surface area contributed by atoms with Gasteiger partial charge in [-0.1, -0.05) is 40.7 Å². The molecule has 1 aromatic carbocycles. The molecule has 0 amide bonds. The molecule has 2 nitrogen and oxygen atoms in total. The van der Waals surface area contributed by atoms with Crippen molar-refractivity contribution in [3.05, 3.63) is 35.3 Å².